The number of H-pyrrole nitrogens is 1. The van der Waals surface area contributed by atoms with Gasteiger partial charge >= 0.3 is 0 Å². The van der Waals surface area contributed by atoms with Crippen LogP contribution in [0.5, 0.6) is 0 Å². The zero-order valence-corrected chi connectivity index (χ0v) is 19.0. The maximum Gasteiger partial charge on any atom is 0.226 e. The van der Waals surface area contributed by atoms with Gasteiger partial charge in [-0.15, -0.1) is 0 Å². The summed E-state index contributed by atoms with van der Waals surface area (Å²) in [5.74, 6) is -0.0711. The Kier molecular flexibility index (Phi) is 5.78. The van der Waals surface area contributed by atoms with Gasteiger partial charge in [0.2, 0.25) is 5.91 Å². The number of hydrogen-bond acceptors (Lipinski definition) is 3. The number of rotatable bonds is 5. The number of thiocarbonyl (C=S) groups is 1. The molecule has 31 heavy (non-hydrogen) atoms. The summed E-state index contributed by atoms with van der Waals surface area (Å²) in [4.78, 5) is 22.3. The van der Waals surface area contributed by atoms with Gasteiger partial charge in [-0.1, -0.05) is 19.9 Å². The number of carbonyl (C=O) groups excluding carboxylic acids is 1. The molecule has 0 spiro atoms. The van der Waals surface area contributed by atoms with Gasteiger partial charge in [0.1, 0.15) is 6.04 Å². The van der Waals surface area contributed by atoms with Crippen molar-refractivity contribution in [1.82, 2.24) is 15.3 Å². The van der Waals surface area contributed by atoms with Gasteiger partial charge in [-0.05, 0) is 74.1 Å². The second-order valence-corrected chi connectivity index (χ2v) is 8.62. The second-order valence-electron chi connectivity index (χ2n) is 8.24. The Morgan fingerprint density at radius 1 is 1.16 bits per heavy atom. The van der Waals surface area contributed by atoms with E-state index < -0.39 is 0 Å². The molecule has 1 saturated heterocycles. The van der Waals surface area contributed by atoms with Gasteiger partial charge in [-0.25, -0.2) is 0 Å². The van der Waals surface area contributed by atoms with E-state index in [0.29, 0.717) is 5.11 Å². The molecule has 0 saturated carbocycles. The molecule has 7 heteroatoms. The number of aromatic nitrogens is 2. The van der Waals surface area contributed by atoms with E-state index in [2.05, 4.69) is 43.7 Å². The lowest BCUT2D eigenvalue weighted by Crippen LogP contribution is -2.29. The van der Waals surface area contributed by atoms with Crippen molar-refractivity contribution in [3.8, 4) is 0 Å². The van der Waals surface area contributed by atoms with Gasteiger partial charge in [0.15, 0.2) is 5.11 Å². The number of carbonyl (C=O) groups is 1. The zero-order valence-electron chi connectivity index (χ0n) is 18.1. The molecule has 1 aromatic carbocycles. The van der Waals surface area contributed by atoms with E-state index in [1.54, 1.807) is 6.20 Å². The molecule has 3 heterocycles. The highest BCUT2D eigenvalue weighted by molar-refractivity contribution is 7.80. The van der Waals surface area contributed by atoms with Crippen LogP contribution in [0, 0.1) is 19.8 Å². The minimum Gasteiger partial charge on any atom is -0.361 e. The lowest BCUT2D eigenvalue weighted by atomic mass is 10.0. The maximum atomic E-state index is 12.1. The van der Waals surface area contributed by atoms with Gasteiger partial charge in [-0.3, -0.25) is 9.78 Å². The van der Waals surface area contributed by atoms with Crippen LogP contribution in [-0.4, -0.2) is 21.0 Å². The van der Waals surface area contributed by atoms with Gasteiger partial charge in [0.05, 0.1) is 11.7 Å². The van der Waals surface area contributed by atoms with Crippen molar-refractivity contribution in [2.75, 3.05) is 10.2 Å². The Hall–Kier alpha value is -3.19. The van der Waals surface area contributed by atoms with E-state index in [1.165, 1.54) is 0 Å². The highest BCUT2D eigenvalue weighted by atomic mass is 32.1. The molecule has 3 N–H and O–H groups in total. The number of anilines is 2. The molecule has 0 unspecified atom stereocenters. The summed E-state index contributed by atoms with van der Waals surface area (Å²) >= 11 is 5.77. The molecular formula is C24H27N5OS. The molecule has 1 amide bonds. The second kappa shape index (κ2) is 8.51. The van der Waals surface area contributed by atoms with Crippen LogP contribution in [-0.2, 0) is 4.79 Å². The van der Waals surface area contributed by atoms with E-state index in [0.717, 1.165) is 34.0 Å². The zero-order chi connectivity index (χ0) is 22.1. The van der Waals surface area contributed by atoms with E-state index in [1.807, 2.05) is 58.0 Å². The molecule has 0 aliphatic carbocycles. The Morgan fingerprint density at radius 3 is 2.58 bits per heavy atom. The summed E-state index contributed by atoms with van der Waals surface area (Å²) < 4.78 is 0. The van der Waals surface area contributed by atoms with E-state index in [-0.39, 0.29) is 23.9 Å². The van der Waals surface area contributed by atoms with Crippen LogP contribution in [0.4, 0.5) is 11.4 Å². The van der Waals surface area contributed by atoms with E-state index in [9.17, 15) is 4.79 Å². The number of pyridine rings is 1. The number of amides is 1. The topological polar surface area (TPSA) is 73.1 Å². The first-order valence-corrected chi connectivity index (χ1v) is 10.8. The first-order chi connectivity index (χ1) is 14.8. The van der Waals surface area contributed by atoms with Gasteiger partial charge in [-0.2, -0.15) is 0 Å². The molecule has 1 aliphatic rings. The van der Waals surface area contributed by atoms with Gasteiger partial charge in [0.25, 0.3) is 0 Å². The molecule has 1 fully saturated rings. The predicted octanol–water partition coefficient (Wildman–Crippen LogP) is 4.80. The molecule has 160 valence electrons. The average Bonchev–Trinajstić information content (AvgIpc) is 3.32. The standard InChI is InChI=1S/C24H27N5OS/c1-14(2)23(30)27-18-11-9-17(13-15(18)3)29-22(20-10-8-16(4)26-20)21(28-24(29)31)19-7-5-6-12-25-19/h5-14,21-22,26H,1-4H3,(H,27,30)(H,28,31)/t21-,22+/m1/s1. The molecule has 2 aromatic heterocycles. The van der Waals surface area contributed by atoms with Crippen LogP contribution in [0.15, 0.2) is 54.7 Å². The number of benzene rings is 1. The fourth-order valence-corrected chi connectivity index (χ4v) is 4.21. The van der Waals surface area contributed by atoms with E-state index in [4.69, 9.17) is 12.2 Å². The van der Waals surface area contributed by atoms with Crippen LogP contribution in [0.3, 0.4) is 0 Å². The van der Waals surface area contributed by atoms with Crippen LogP contribution in [0.2, 0.25) is 0 Å². The van der Waals surface area contributed by atoms with Gasteiger partial charge < -0.3 is 20.5 Å². The minimum atomic E-state index is -0.0904. The van der Waals surface area contributed by atoms with E-state index >= 15 is 0 Å². The number of nitrogens with zero attached hydrogens (tertiary/aromatic N) is 2. The van der Waals surface area contributed by atoms with Crippen molar-refractivity contribution >= 4 is 34.6 Å². The molecule has 0 radical (unpaired) electrons. The van der Waals surface area contributed by atoms with Crippen LogP contribution in [0.25, 0.3) is 0 Å². The fourth-order valence-electron chi connectivity index (χ4n) is 3.86. The predicted molar refractivity (Wildman–Crippen MR) is 128 cm³/mol. The highest BCUT2D eigenvalue weighted by Gasteiger charge is 2.41. The minimum absolute atomic E-state index is 0.00385. The SMILES string of the molecule is Cc1ccc([C@H]2[C@@H](c3ccccn3)NC(=S)N2c2ccc(NC(=O)C(C)C)c(C)c2)[nH]1. The Balaban J connectivity index is 1.73. The summed E-state index contributed by atoms with van der Waals surface area (Å²) in [6.45, 7) is 7.80. The third kappa shape index (κ3) is 4.18. The average molecular weight is 434 g/mol. The smallest absolute Gasteiger partial charge is 0.226 e. The quantitative estimate of drug-likeness (QED) is 0.504. The molecule has 4 rings (SSSR count). The number of aryl methyl sites for hydroxylation is 2. The summed E-state index contributed by atoms with van der Waals surface area (Å²) in [6.07, 6.45) is 1.80. The van der Waals surface area contributed by atoms with Gasteiger partial charge in [0, 0.05) is 34.9 Å². The van der Waals surface area contributed by atoms with Crippen molar-refractivity contribution in [2.45, 2.75) is 39.8 Å². The van der Waals surface area contributed by atoms with Crippen molar-refractivity contribution in [3.05, 3.63) is 77.4 Å². The molecule has 6 nitrogen and oxygen atoms in total. The van der Waals surface area contributed by atoms with Crippen molar-refractivity contribution in [3.63, 3.8) is 0 Å². The first kappa shape index (κ1) is 21.1. The van der Waals surface area contributed by atoms with Crippen molar-refractivity contribution in [2.24, 2.45) is 5.92 Å². The number of hydrogen-bond donors (Lipinski definition) is 3. The number of aromatic amines is 1. The Bertz CT molecular complexity index is 1110. The summed E-state index contributed by atoms with van der Waals surface area (Å²) in [5, 5.41) is 7.11. The fraction of sp³-hybridized carbons (Fsp3) is 0.292. The van der Waals surface area contributed by atoms with Crippen LogP contribution < -0.4 is 15.5 Å². The summed E-state index contributed by atoms with van der Waals surface area (Å²) in [6, 6.07) is 15.9. The number of nitrogens with one attached hydrogen (secondary N) is 3. The molecule has 3 aromatic rings. The third-order valence-electron chi connectivity index (χ3n) is 5.54. The lowest BCUT2D eigenvalue weighted by molar-refractivity contribution is -0.118. The molecular weight excluding hydrogens is 406 g/mol. The third-order valence-corrected chi connectivity index (χ3v) is 5.86. The first-order valence-electron chi connectivity index (χ1n) is 10.4. The monoisotopic (exact) mass is 433 g/mol. The van der Waals surface area contributed by atoms with Crippen LogP contribution >= 0.6 is 12.2 Å². The van der Waals surface area contributed by atoms with Crippen LogP contribution in [0.1, 0.15) is 48.6 Å². The largest absolute Gasteiger partial charge is 0.361 e. The molecule has 0 bridgehead atoms. The Morgan fingerprint density at radius 2 is 1.97 bits per heavy atom. The summed E-state index contributed by atoms with van der Waals surface area (Å²) in [5.41, 5.74) is 5.85. The summed E-state index contributed by atoms with van der Waals surface area (Å²) in [7, 11) is 0. The maximum absolute atomic E-state index is 12.1. The van der Waals surface area contributed by atoms with Crippen molar-refractivity contribution in [1.29, 1.82) is 0 Å². The Labute approximate surface area is 188 Å². The molecule has 1 aliphatic heterocycles. The highest BCUT2D eigenvalue weighted by Crippen LogP contribution is 2.41. The van der Waals surface area contributed by atoms with Crippen molar-refractivity contribution < 1.29 is 4.79 Å². The lowest BCUT2D eigenvalue weighted by Gasteiger charge is -2.27. The normalized spacial score (nSPS) is 18.4. The molecule has 2 atom stereocenters.